The van der Waals surface area contributed by atoms with Crippen LogP contribution in [0.15, 0.2) is 24.0 Å². The molecule has 18 heavy (non-hydrogen) atoms. The van der Waals surface area contributed by atoms with E-state index in [9.17, 15) is 4.79 Å². The average Bonchev–Trinajstić information content (AvgIpc) is 2.28. The van der Waals surface area contributed by atoms with Crippen LogP contribution in [0.1, 0.15) is 22.3 Å². The topological polar surface area (TPSA) is 70.4 Å². The molecule has 0 bridgehead atoms. The van der Waals surface area contributed by atoms with E-state index < -0.39 is 5.97 Å². The Balaban J connectivity index is 3.31. The predicted molar refractivity (Wildman–Crippen MR) is 70.2 cm³/mol. The van der Waals surface area contributed by atoms with E-state index in [0.717, 1.165) is 16.7 Å². The van der Waals surface area contributed by atoms with Gasteiger partial charge in [-0.2, -0.15) is 0 Å². The number of carbonyl (C=O) groups is 1. The molecule has 1 rings (SSSR count). The Morgan fingerprint density at radius 2 is 1.78 bits per heavy atom. The van der Waals surface area contributed by atoms with Crippen LogP contribution in [0.4, 0.5) is 0 Å². The minimum absolute atomic E-state index is 0.0284. The van der Waals surface area contributed by atoms with Crippen molar-refractivity contribution in [2.75, 3.05) is 7.11 Å². The molecule has 1 aromatic rings. The number of methoxy groups -OCH3 is 1. The molecule has 1 aromatic carbocycles. The smallest absolute Gasteiger partial charge is 0.343 e. The highest BCUT2D eigenvalue weighted by atomic mass is 16.5. The molecule has 0 aliphatic carbocycles. The maximum absolute atomic E-state index is 11.5. The first-order valence-corrected chi connectivity index (χ1v) is 5.52. The number of aryl methyl sites for hydroxylation is 3. The SMILES string of the molecule is COC(=O)/C(=C\O)C(=N)c1c(C)cc(C)cc1C. The summed E-state index contributed by atoms with van der Waals surface area (Å²) in [6, 6.07) is 3.87. The van der Waals surface area contributed by atoms with E-state index in [1.807, 2.05) is 32.9 Å². The van der Waals surface area contributed by atoms with Gasteiger partial charge in [0.25, 0.3) is 0 Å². The number of hydrogen-bond acceptors (Lipinski definition) is 4. The summed E-state index contributed by atoms with van der Waals surface area (Å²) < 4.78 is 4.54. The molecule has 0 spiro atoms. The van der Waals surface area contributed by atoms with Crippen LogP contribution in [-0.2, 0) is 9.53 Å². The second-order valence-corrected chi connectivity index (χ2v) is 4.18. The Labute approximate surface area is 106 Å². The van der Waals surface area contributed by atoms with Crippen molar-refractivity contribution in [3.63, 3.8) is 0 Å². The zero-order chi connectivity index (χ0) is 13.9. The van der Waals surface area contributed by atoms with E-state index in [0.29, 0.717) is 11.8 Å². The van der Waals surface area contributed by atoms with E-state index in [1.54, 1.807) is 0 Å². The third kappa shape index (κ3) is 2.59. The minimum atomic E-state index is -0.720. The molecule has 0 saturated carbocycles. The summed E-state index contributed by atoms with van der Waals surface area (Å²) in [5.41, 5.74) is 3.34. The highest BCUT2D eigenvalue weighted by molar-refractivity contribution is 6.26. The number of benzene rings is 1. The van der Waals surface area contributed by atoms with Crippen molar-refractivity contribution < 1.29 is 14.6 Å². The zero-order valence-electron chi connectivity index (χ0n) is 11.0. The maximum atomic E-state index is 11.5. The normalized spacial score (nSPS) is 11.2. The molecule has 0 saturated heterocycles. The van der Waals surface area contributed by atoms with Crippen LogP contribution in [0, 0.1) is 26.2 Å². The minimum Gasteiger partial charge on any atom is -0.515 e. The first-order chi connectivity index (χ1) is 8.42. The number of esters is 1. The highest BCUT2D eigenvalue weighted by Crippen LogP contribution is 2.20. The van der Waals surface area contributed by atoms with E-state index in [1.165, 1.54) is 7.11 Å². The number of nitrogens with one attached hydrogen (secondary N) is 1. The van der Waals surface area contributed by atoms with Gasteiger partial charge in [0.2, 0.25) is 0 Å². The van der Waals surface area contributed by atoms with Crippen molar-refractivity contribution >= 4 is 11.7 Å². The van der Waals surface area contributed by atoms with Crippen LogP contribution >= 0.6 is 0 Å². The molecular formula is C14H17NO3. The van der Waals surface area contributed by atoms with Crippen LogP contribution in [-0.4, -0.2) is 23.9 Å². The Bertz CT molecular complexity index is 507. The fourth-order valence-corrected chi connectivity index (χ4v) is 2.04. The van der Waals surface area contributed by atoms with E-state index in [4.69, 9.17) is 10.5 Å². The molecule has 0 amide bonds. The largest absolute Gasteiger partial charge is 0.515 e. The molecule has 2 N–H and O–H groups in total. The fraction of sp³-hybridized carbons (Fsp3) is 0.286. The number of aliphatic hydroxyl groups is 1. The average molecular weight is 247 g/mol. The van der Waals surface area contributed by atoms with Crippen molar-refractivity contribution in [3.05, 3.63) is 46.2 Å². The van der Waals surface area contributed by atoms with Gasteiger partial charge in [-0.05, 0) is 31.9 Å². The lowest BCUT2D eigenvalue weighted by molar-refractivity contribution is -0.135. The predicted octanol–water partition coefficient (Wildman–Crippen LogP) is 2.59. The summed E-state index contributed by atoms with van der Waals surface area (Å²) in [5.74, 6) is -0.720. The van der Waals surface area contributed by atoms with Gasteiger partial charge < -0.3 is 9.84 Å². The summed E-state index contributed by atoms with van der Waals surface area (Å²) in [6.45, 7) is 5.71. The monoisotopic (exact) mass is 247 g/mol. The molecule has 0 atom stereocenters. The van der Waals surface area contributed by atoms with Gasteiger partial charge in [-0.1, -0.05) is 17.7 Å². The van der Waals surface area contributed by atoms with E-state index in [-0.39, 0.29) is 11.3 Å². The van der Waals surface area contributed by atoms with Gasteiger partial charge in [0, 0.05) is 5.56 Å². The first kappa shape index (κ1) is 14.0. The van der Waals surface area contributed by atoms with Crippen molar-refractivity contribution in [2.45, 2.75) is 20.8 Å². The first-order valence-electron chi connectivity index (χ1n) is 5.52. The molecule has 0 aliphatic heterocycles. The quantitative estimate of drug-likeness (QED) is 0.373. The van der Waals surface area contributed by atoms with Crippen LogP contribution < -0.4 is 0 Å². The number of aliphatic hydroxyl groups excluding tert-OH is 1. The highest BCUT2D eigenvalue weighted by Gasteiger charge is 2.20. The van der Waals surface area contributed by atoms with E-state index in [2.05, 4.69) is 4.74 Å². The van der Waals surface area contributed by atoms with Gasteiger partial charge >= 0.3 is 5.97 Å². The number of rotatable bonds is 3. The molecule has 0 fully saturated rings. The van der Waals surface area contributed by atoms with Crippen LogP contribution in [0.3, 0.4) is 0 Å². The molecule has 4 nitrogen and oxygen atoms in total. The van der Waals surface area contributed by atoms with E-state index >= 15 is 0 Å². The molecule has 0 radical (unpaired) electrons. The van der Waals surface area contributed by atoms with Crippen molar-refractivity contribution in [3.8, 4) is 0 Å². The molecule has 0 aliphatic rings. The van der Waals surface area contributed by atoms with Crippen LogP contribution in [0.25, 0.3) is 0 Å². The third-order valence-electron chi connectivity index (χ3n) is 2.73. The van der Waals surface area contributed by atoms with Crippen molar-refractivity contribution in [2.24, 2.45) is 0 Å². The molecule has 0 aromatic heterocycles. The Morgan fingerprint density at radius 3 is 2.17 bits per heavy atom. The molecule has 0 heterocycles. The molecular weight excluding hydrogens is 230 g/mol. The summed E-state index contributed by atoms with van der Waals surface area (Å²) in [7, 11) is 1.22. The number of carbonyl (C=O) groups excluding carboxylic acids is 1. The lowest BCUT2D eigenvalue weighted by Gasteiger charge is -2.13. The summed E-state index contributed by atoms with van der Waals surface area (Å²) in [4.78, 5) is 11.5. The maximum Gasteiger partial charge on any atom is 0.343 e. The Morgan fingerprint density at radius 1 is 1.28 bits per heavy atom. The Kier molecular flexibility index (Phi) is 4.26. The van der Waals surface area contributed by atoms with Gasteiger partial charge in [-0.15, -0.1) is 0 Å². The lowest BCUT2D eigenvalue weighted by Crippen LogP contribution is -2.17. The van der Waals surface area contributed by atoms with Gasteiger partial charge in [0.1, 0.15) is 5.57 Å². The van der Waals surface area contributed by atoms with Gasteiger partial charge in [-0.25, -0.2) is 4.79 Å². The van der Waals surface area contributed by atoms with Gasteiger partial charge in [-0.3, -0.25) is 5.41 Å². The van der Waals surface area contributed by atoms with Crippen LogP contribution in [0.2, 0.25) is 0 Å². The molecule has 96 valence electrons. The van der Waals surface area contributed by atoms with Crippen molar-refractivity contribution in [1.29, 1.82) is 5.41 Å². The van der Waals surface area contributed by atoms with Gasteiger partial charge in [0.15, 0.2) is 0 Å². The zero-order valence-corrected chi connectivity index (χ0v) is 11.0. The summed E-state index contributed by atoms with van der Waals surface area (Å²) >= 11 is 0. The molecule has 4 heteroatoms. The number of hydrogen-bond donors (Lipinski definition) is 2. The second kappa shape index (κ2) is 5.49. The molecule has 0 unspecified atom stereocenters. The van der Waals surface area contributed by atoms with Gasteiger partial charge in [0.05, 0.1) is 19.1 Å². The fourth-order valence-electron chi connectivity index (χ4n) is 2.04. The van der Waals surface area contributed by atoms with Crippen molar-refractivity contribution in [1.82, 2.24) is 0 Å². The lowest BCUT2D eigenvalue weighted by atomic mass is 9.93. The Hall–Kier alpha value is -2.10. The van der Waals surface area contributed by atoms with Crippen LogP contribution in [0.5, 0.6) is 0 Å². The second-order valence-electron chi connectivity index (χ2n) is 4.18. The number of ether oxygens (including phenoxy) is 1. The third-order valence-corrected chi connectivity index (χ3v) is 2.73. The standard InChI is InChI=1S/C14H17NO3/c1-8-5-9(2)12(10(3)6-8)13(15)11(7-16)14(17)18-4/h5-7,15-16H,1-4H3/b11-7-,15-13?. The summed E-state index contributed by atoms with van der Waals surface area (Å²) in [5, 5.41) is 17.1. The summed E-state index contributed by atoms with van der Waals surface area (Å²) in [6.07, 6.45) is 0.618.